The van der Waals surface area contributed by atoms with Gasteiger partial charge < -0.3 is 10.6 Å². The van der Waals surface area contributed by atoms with Crippen molar-refractivity contribution >= 4 is 17.4 Å². The third-order valence-electron chi connectivity index (χ3n) is 3.56. The highest BCUT2D eigenvalue weighted by molar-refractivity contribution is 8.00. The lowest BCUT2D eigenvalue weighted by molar-refractivity contribution is 0.593. The summed E-state index contributed by atoms with van der Waals surface area (Å²) < 4.78 is 14.1. The molecule has 1 saturated heterocycles. The van der Waals surface area contributed by atoms with Crippen molar-refractivity contribution in [2.75, 3.05) is 23.7 Å². The van der Waals surface area contributed by atoms with Crippen LogP contribution in [0.5, 0.6) is 0 Å². The van der Waals surface area contributed by atoms with Gasteiger partial charge in [0.25, 0.3) is 0 Å². The molecule has 2 N–H and O–H groups in total. The van der Waals surface area contributed by atoms with Gasteiger partial charge in [0.1, 0.15) is 5.82 Å². The fourth-order valence-electron chi connectivity index (χ4n) is 2.55. The number of anilines is 1. The summed E-state index contributed by atoms with van der Waals surface area (Å²) in [5, 5.41) is 0.653. The van der Waals surface area contributed by atoms with E-state index in [0.717, 1.165) is 30.1 Å². The van der Waals surface area contributed by atoms with Gasteiger partial charge in [-0.2, -0.15) is 11.8 Å². The largest absolute Gasteiger partial charge is 0.369 e. The Hall–Kier alpha value is -0.740. The van der Waals surface area contributed by atoms with Crippen molar-refractivity contribution in [3.63, 3.8) is 0 Å². The zero-order valence-corrected chi connectivity index (χ0v) is 12.5. The van der Waals surface area contributed by atoms with Crippen molar-refractivity contribution in [1.29, 1.82) is 0 Å². The first-order valence-electron chi connectivity index (χ1n) is 7.01. The summed E-state index contributed by atoms with van der Waals surface area (Å²) in [5.74, 6) is 0.994. The molecule has 2 nitrogen and oxygen atoms in total. The standard InChI is InChI=1S/C15H23FN2S/c1-3-12-10-18(7-8-19-12)15-6-4-5-14(16)13(15)9-11(2)17/h4-6,11-12H,3,7-10,17H2,1-2H3. The van der Waals surface area contributed by atoms with E-state index in [2.05, 4.69) is 11.8 Å². The first kappa shape index (κ1) is 14.7. The topological polar surface area (TPSA) is 29.3 Å². The van der Waals surface area contributed by atoms with Crippen LogP contribution in [0.2, 0.25) is 0 Å². The third kappa shape index (κ3) is 3.63. The van der Waals surface area contributed by atoms with E-state index in [9.17, 15) is 4.39 Å². The second-order valence-electron chi connectivity index (χ2n) is 5.27. The van der Waals surface area contributed by atoms with E-state index in [1.807, 2.05) is 24.8 Å². The van der Waals surface area contributed by atoms with E-state index in [1.165, 1.54) is 12.5 Å². The van der Waals surface area contributed by atoms with Crippen LogP contribution in [0.4, 0.5) is 10.1 Å². The molecule has 0 saturated carbocycles. The van der Waals surface area contributed by atoms with Crippen LogP contribution >= 0.6 is 11.8 Å². The number of hydrogen-bond acceptors (Lipinski definition) is 3. The summed E-state index contributed by atoms with van der Waals surface area (Å²) in [7, 11) is 0. The molecule has 0 spiro atoms. The van der Waals surface area contributed by atoms with Crippen molar-refractivity contribution < 1.29 is 4.39 Å². The number of nitrogens with zero attached hydrogens (tertiary/aromatic N) is 1. The minimum Gasteiger partial charge on any atom is -0.369 e. The summed E-state index contributed by atoms with van der Waals surface area (Å²) in [6, 6.07) is 5.36. The van der Waals surface area contributed by atoms with Crippen molar-refractivity contribution in [3.8, 4) is 0 Å². The highest BCUT2D eigenvalue weighted by Gasteiger charge is 2.22. The van der Waals surface area contributed by atoms with Gasteiger partial charge in [-0.15, -0.1) is 0 Å². The molecule has 19 heavy (non-hydrogen) atoms. The van der Waals surface area contributed by atoms with Gasteiger partial charge in [0, 0.05) is 41.4 Å². The van der Waals surface area contributed by atoms with Gasteiger partial charge >= 0.3 is 0 Å². The molecule has 4 heteroatoms. The van der Waals surface area contributed by atoms with Crippen LogP contribution in [0.3, 0.4) is 0 Å². The monoisotopic (exact) mass is 282 g/mol. The minimum absolute atomic E-state index is 0.0169. The van der Waals surface area contributed by atoms with Gasteiger partial charge in [-0.05, 0) is 31.9 Å². The number of hydrogen-bond donors (Lipinski definition) is 1. The van der Waals surface area contributed by atoms with E-state index >= 15 is 0 Å². The Labute approximate surface area is 119 Å². The second-order valence-corrected chi connectivity index (χ2v) is 6.67. The molecule has 2 rings (SSSR count). The number of rotatable bonds is 4. The van der Waals surface area contributed by atoms with Gasteiger partial charge in [0.2, 0.25) is 0 Å². The molecule has 0 aromatic heterocycles. The average Bonchev–Trinajstić information content (AvgIpc) is 2.40. The van der Waals surface area contributed by atoms with Gasteiger partial charge in [-0.1, -0.05) is 13.0 Å². The molecule has 1 aromatic rings. The van der Waals surface area contributed by atoms with Crippen LogP contribution in [0.1, 0.15) is 25.8 Å². The molecule has 1 fully saturated rings. The lowest BCUT2D eigenvalue weighted by Crippen LogP contribution is -2.38. The maximum Gasteiger partial charge on any atom is 0.128 e. The molecule has 1 aromatic carbocycles. The zero-order valence-electron chi connectivity index (χ0n) is 11.7. The molecule has 0 radical (unpaired) electrons. The van der Waals surface area contributed by atoms with E-state index < -0.39 is 0 Å². The molecule has 1 aliphatic rings. The van der Waals surface area contributed by atoms with Crippen molar-refractivity contribution in [3.05, 3.63) is 29.6 Å². The summed E-state index contributed by atoms with van der Waals surface area (Å²) in [4.78, 5) is 2.32. The Kier molecular flexibility index (Phi) is 5.11. The van der Waals surface area contributed by atoms with Crippen LogP contribution < -0.4 is 10.6 Å². The molecule has 0 amide bonds. The number of benzene rings is 1. The molecule has 1 heterocycles. The molecule has 2 atom stereocenters. The SMILES string of the molecule is CCC1CN(c2cccc(F)c2CC(C)N)CCS1. The fourth-order valence-corrected chi connectivity index (χ4v) is 3.73. The number of nitrogens with two attached hydrogens (primary N) is 1. The molecular formula is C15H23FN2S. The molecule has 106 valence electrons. The summed E-state index contributed by atoms with van der Waals surface area (Å²) in [6.07, 6.45) is 1.77. The Morgan fingerprint density at radius 2 is 2.32 bits per heavy atom. The zero-order chi connectivity index (χ0) is 13.8. The Morgan fingerprint density at radius 3 is 3.00 bits per heavy atom. The van der Waals surface area contributed by atoms with Gasteiger partial charge in [-0.3, -0.25) is 0 Å². The maximum atomic E-state index is 14.1. The first-order valence-corrected chi connectivity index (χ1v) is 8.06. The van der Waals surface area contributed by atoms with E-state index in [0.29, 0.717) is 11.7 Å². The summed E-state index contributed by atoms with van der Waals surface area (Å²) in [5.41, 5.74) is 7.67. The Bertz CT molecular complexity index is 423. The van der Waals surface area contributed by atoms with Gasteiger partial charge in [0.05, 0.1) is 0 Å². The van der Waals surface area contributed by atoms with Crippen molar-refractivity contribution in [1.82, 2.24) is 0 Å². The van der Waals surface area contributed by atoms with Crippen LogP contribution in [0.25, 0.3) is 0 Å². The van der Waals surface area contributed by atoms with E-state index in [1.54, 1.807) is 6.07 Å². The lowest BCUT2D eigenvalue weighted by Gasteiger charge is -2.35. The third-order valence-corrected chi connectivity index (χ3v) is 4.93. The number of thioether (sulfide) groups is 1. The minimum atomic E-state index is -0.124. The van der Waals surface area contributed by atoms with Crippen molar-refractivity contribution in [2.45, 2.75) is 38.0 Å². The van der Waals surface area contributed by atoms with E-state index in [4.69, 9.17) is 5.73 Å². The quantitative estimate of drug-likeness (QED) is 0.920. The first-order chi connectivity index (χ1) is 9.11. The van der Waals surface area contributed by atoms with Crippen LogP contribution in [0.15, 0.2) is 18.2 Å². The second kappa shape index (κ2) is 6.62. The summed E-state index contributed by atoms with van der Waals surface area (Å²) in [6.45, 7) is 6.15. The smallest absolute Gasteiger partial charge is 0.128 e. The molecule has 0 aliphatic carbocycles. The Morgan fingerprint density at radius 1 is 1.53 bits per heavy atom. The van der Waals surface area contributed by atoms with Gasteiger partial charge in [-0.25, -0.2) is 4.39 Å². The van der Waals surface area contributed by atoms with Crippen LogP contribution in [0, 0.1) is 5.82 Å². The summed E-state index contributed by atoms with van der Waals surface area (Å²) >= 11 is 2.03. The molecule has 0 bridgehead atoms. The number of halogens is 1. The normalized spacial score (nSPS) is 21.5. The molecule has 1 aliphatic heterocycles. The van der Waals surface area contributed by atoms with Crippen molar-refractivity contribution in [2.24, 2.45) is 5.73 Å². The predicted octanol–water partition coefficient (Wildman–Crippen LogP) is 3.05. The highest BCUT2D eigenvalue weighted by Crippen LogP contribution is 2.30. The molecule has 2 unspecified atom stereocenters. The fraction of sp³-hybridized carbons (Fsp3) is 0.600. The highest BCUT2D eigenvalue weighted by atomic mass is 32.2. The maximum absolute atomic E-state index is 14.1. The predicted molar refractivity (Wildman–Crippen MR) is 82.5 cm³/mol. The Balaban J connectivity index is 2.25. The average molecular weight is 282 g/mol. The van der Waals surface area contributed by atoms with Crippen LogP contribution in [-0.2, 0) is 6.42 Å². The van der Waals surface area contributed by atoms with E-state index in [-0.39, 0.29) is 11.9 Å². The van der Waals surface area contributed by atoms with Crippen LogP contribution in [-0.4, -0.2) is 30.1 Å². The molecular weight excluding hydrogens is 259 g/mol. The lowest BCUT2D eigenvalue weighted by atomic mass is 10.0. The van der Waals surface area contributed by atoms with Gasteiger partial charge in [0.15, 0.2) is 0 Å².